The molecule has 7 nitrogen and oxygen atoms in total. The minimum atomic E-state index is -4.16. The van der Waals surface area contributed by atoms with Crippen LogP contribution in [-0.4, -0.2) is 45.9 Å². The molecule has 8 heteroatoms. The summed E-state index contributed by atoms with van der Waals surface area (Å²) < 4.78 is 35.1. The summed E-state index contributed by atoms with van der Waals surface area (Å²) in [5, 5.41) is 11.7. The third-order valence-electron chi connectivity index (χ3n) is 1.93. The zero-order valence-electron chi connectivity index (χ0n) is 9.21. The van der Waals surface area contributed by atoms with Crippen LogP contribution in [0.3, 0.4) is 0 Å². The van der Waals surface area contributed by atoms with E-state index in [-0.39, 0.29) is 12.0 Å². The Morgan fingerprint density at radius 3 is 2.56 bits per heavy atom. The van der Waals surface area contributed by atoms with Crippen molar-refractivity contribution in [3.63, 3.8) is 0 Å². The molecule has 0 spiro atoms. The molecule has 0 radical (unpaired) electrons. The SMILES string of the molecule is CC(C#N)C1CNCCO1.COS(=O)(=O)O. The van der Waals surface area contributed by atoms with Crippen LogP contribution >= 0.6 is 0 Å². The standard InChI is InChI=1S/C7H12N2O.CH4O4S/c1-6(4-8)7-5-9-2-3-10-7;1-5-6(2,3)4/h6-7,9H,2-3,5H2,1H3;1H3,(H,2,3,4). The molecule has 2 unspecified atom stereocenters. The van der Waals surface area contributed by atoms with Crippen molar-refractivity contribution in [2.75, 3.05) is 26.8 Å². The second-order valence-corrected chi connectivity index (χ2v) is 4.31. The summed E-state index contributed by atoms with van der Waals surface area (Å²) in [7, 11) is -3.29. The van der Waals surface area contributed by atoms with Gasteiger partial charge in [-0.1, -0.05) is 0 Å². The number of hydrogen-bond acceptors (Lipinski definition) is 6. The van der Waals surface area contributed by atoms with Crippen LogP contribution < -0.4 is 5.32 Å². The van der Waals surface area contributed by atoms with Crippen LogP contribution in [0.1, 0.15) is 6.92 Å². The Bertz CT molecular complexity index is 318. The van der Waals surface area contributed by atoms with Gasteiger partial charge in [-0.3, -0.25) is 8.74 Å². The highest BCUT2D eigenvalue weighted by Gasteiger charge is 2.19. The lowest BCUT2D eigenvalue weighted by molar-refractivity contribution is 0.00910. The minimum absolute atomic E-state index is 0.00722. The van der Waals surface area contributed by atoms with Gasteiger partial charge in [0.15, 0.2) is 0 Å². The van der Waals surface area contributed by atoms with Gasteiger partial charge in [0.05, 0.1) is 31.8 Å². The van der Waals surface area contributed by atoms with Crippen LogP contribution in [0.5, 0.6) is 0 Å². The van der Waals surface area contributed by atoms with Crippen LogP contribution in [-0.2, 0) is 19.3 Å². The zero-order chi connectivity index (χ0) is 12.6. The molecule has 0 amide bonds. The summed E-state index contributed by atoms with van der Waals surface area (Å²) >= 11 is 0. The molecule has 1 saturated heterocycles. The number of hydrogen-bond donors (Lipinski definition) is 2. The second-order valence-electron chi connectivity index (χ2n) is 3.13. The maximum Gasteiger partial charge on any atom is 0.397 e. The molecular formula is C8H16N2O5S. The van der Waals surface area contributed by atoms with Crippen molar-refractivity contribution in [3.8, 4) is 6.07 Å². The monoisotopic (exact) mass is 252 g/mol. The molecule has 0 aromatic carbocycles. The van der Waals surface area contributed by atoms with Crippen molar-refractivity contribution in [2.45, 2.75) is 13.0 Å². The van der Waals surface area contributed by atoms with Crippen molar-refractivity contribution in [3.05, 3.63) is 0 Å². The number of nitrogens with zero attached hydrogens (tertiary/aromatic N) is 1. The van der Waals surface area contributed by atoms with Gasteiger partial charge in [-0.15, -0.1) is 0 Å². The molecule has 1 aliphatic rings. The lowest BCUT2D eigenvalue weighted by atomic mass is 10.1. The van der Waals surface area contributed by atoms with Crippen molar-refractivity contribution in [1.29, 1.82) is 5.26 Å². The van der Waals surface area contributed by atoms with Crippen LogP contribution in [0.25, 0.3) is 0 Å². The van der Waals surface area contributed by atoms with E-state index in [1.54, 1.807) is 0 Å². The third-order valence-corrected chi connectivity index (χ3v) is 2.35. The summed E-state index contributed by atoms with van der Waals surface area (Å²) in [6, 6.07) is 2.17. The highest BCUT2D eigenvalue weighted by Crippen LogP contribution is 2.07. The molecule has 94 valence electrons. The normalized spacial score (nSPS) is 22.5. The highest BCUT2D eigenvalue weighted by atomic mass is 32.3. The lowest BCUT2D eigenvalue weighted by Gasteiger charge is -2.24. The Morgan fingerprint density at radius 1 is 1.69 bits per heavy atom. The molecule has 2 N–H and O–H groups in total. The molecule has 1 heterocycles. The Morgan fingerprint density at radius 2 is 2.25 bits per heavy atom. The molecule has 0 aromatic rings. The van der Waals surface area contributed by atoms with Gasteiger partial charge in [0.25, 0.3) is 0 Å². The molecule has 1 aliphatic heterocycles. The molecule has 1 rings (SSSR count). The molecule has 2 atom stereocenters. The van der Waals surface area contributed by atoms with Gasteiger partial charge in [-0.25, -0.2) is 0 Å². The van der Waals surface area contributed by atoms with Crippen molar-refractivity contribution < 1.29 is 21.9 Å². The lowest BCUT2D eigenvalue weighted by Crippen LogP contribution is -2.41. The molecular weight excluding hydrogens is 236 g/mol. The van der Waals surface area contributed by atoms with E-state index in [1.165, 1.54) is 0 Å². The summed E-state index contributed by atoms with van der Waals surface area (Å²) in [4.78, 5) is 0. The van der Waals surface area contributed by atoms with Gasteiger partial charge in [0.2, 0.25) is 0 Å². The first-order chi connectivity index (χ1) is 7.40. The molecule has 1 fully saturated rings. The van der Waals surface area contributed by atoms with E-state index < -0.39 is 10.4 Å². The molecule has 0 bridgehead atoms. The Balaban J connectivity index is 0.000000325. The average molecular weight is 252 g/mol. The number of morpholine rings is 1. The van der Waals surface area contributed by atoms with Gasteiger partial charge >= 0.3 is 10.4 Å². The van der Waals surface area contributed by atoms with Crippen molar-refractivity contribution >= 4 is 10.4 Å². The van der Waals surface area contributed by atoms with E-state index >= 15 is 0 Å². The van der Waals surface area contributed by atoms with Gasteiger partial charge in [0, 0.05) is 13.1 Å². The number of ether oxygens (including phenoxy) is 1. The van der Waals surface area contributed by atoms with E-state index in [0.717, 1.165) is 26.8 Å². The third kappa shape index (κ3) is 7.56. The van der Waals surface area contributed by atoms with E-state index in [9.17, 15) is 8.42 Å². The van der Waals surface area contributed by atoms with Gasteiger partial charge in [-0.2, -0.15) is 13.7 Å². The van der Waals surface area contributed by atoms with Gasteiger partial charge < -0.3 is 10.1 Å². The predicted octanol–water partition coefficient (Wildman–Crippen LogP) is -0.430. The van der Waals surface area contributed by atoms with Crippen LogP contribution in [0, 0.1) is 17.2 Å². The maximum atomic E-state index is 9.33. The van der Waals surface area contributed by atoms with Crippen LogP contribution in [0.15, 0.2) is 0 Å². The largest absolute Gasteiger partial charge is 0.397 e. The zero-order valence-corrected chi connectivity index (χ0v) is 10.0. The molecule has 0 aliphatic carbocycles. The first-order valence-electron chi connectivity index (χ1n) is 4.65. The first-order valence-corrected chi connectivity index (χ1v) is 6.02. The Kier molecular flexibility index (Phi) is 7.20. The van der Waals surface area contributed by atoms with E-state index in [0.29, 0.717) is 0 Å². The van der Waals surface area contributed by atoms with E-state index in [4.69, 9.17) is 14.6 Å². The molecule has 0 aromatic heterocycles. The molecule has 16 heavy (non-hydrogen) atoms. The first kappa shape index (κ1) is 15.3. The number of nitrogens with one attached hydrogen (secondary N) is 1. The fourth-order valence-corrected chi connectivity index (χ4v) is 0.990. The smallest absolute Gasteiger partial charge is 0.374 e. The summed E-state index contributed by atoms with van der Waals surface area (Å²) in [6.07, 6.45) is 0.0961. The van der Waals surface area contributed by atoms with E-state index in [2.05, 4.69) is 15.6 Å². The predicted molar refractivity (Wildman–Crippen MR) is 55.9 cm³/mol. The number of rotatable bonds is 2. The topological polar surface area (TPSA) is 109 Å². The Labute approximate surface area is 95.3 Å². The second kappa shape index (κ2) is 7.54. The fourth-order valence-electron chi connectivity index (χ4n) is 0.990. The quantitative estimate of drug-likeness (QED) is 0.642. The Hall–Kier alpha value is -0.720. The van der Waals surface area contributed by atoms with Gasteiger partial charge in [-0.05, 0) is 6.92 Å². The molecule has 0 saturated carbocycles. The van der Waals surface area contributed by atoms with E-state index in [1.807, 2.05) is 6.92 Å². The van der Waals surface area contributed by atoms with Crippen LogP contribution in [0.4, 0.5) is 0 Å². The fraction of sp³-hybridized carbons (Fsp3) is 0.875. The van der Waals surface area contributed by atoms with Gasteiger partial charge in [0.1, 0.15) is 0 Å². The van der Waals surface area contributed by atoms with Crippen molar-refractivity contribution in [1.82, 2.24) is 5.32 Å². The van der Waals surface area contributed by atoms with Crippen molar-refractivity contribution in [2.24, 2.45) is 5.92 Å². The number of nitriles is 1. The summed E-state index contributed by atoms with van der Waals surface area (Å²) in [5.41, 5.74) is 0. The highest BCUT2D eigenvalue weighted by molar-refractivity contribution is 7.80. The maximum absolute atomic E-state index is 9.33. The minimum Gasteiger partial charge on any atom is -0.374 e. The van der Waals surface area contributed by atoms with Crippen LogP contribution in [0.2, 0.25) is 0 Å². The summed E-state index contributed by atoms with van der Waals surface area (Å²) in [6.45, 7) is 4.34. The summed E-state index contributed by atoms with van der Waals surface area (Å²) in [5.74, 6) is 0.00722. The average Bonchev–Trinajstić information content (AvgIpc) is 2.29.